The van der Waals surface area contributed by atoms with Gasteiger partial charge in [0.05, 0.1) is 0 Å². The summed E-state index contributed by atoms with van der Waals surface area (Å²) in [5.41, 5.74) is 2.79. The highest BCUT2D eigenvalue weighted by molar-refractivity contribution is 7.10. The van der Waals surface area contributed by atoms with Gasteiger partial charge < -0.3 is 5.32 Å². The molecule has 0 fully saturated rings. The number of hydrogen-bond donors (Lipinski definition) is 1. The van der Waals surface area contributed by atoms with E-state index in [9.17, 15) is 0 Å². The summed E-state index contributed by atoms with van der Waals surface area (Å²) in [5.74, 6) is 0.445. The molecule has 118 valence electrons. The average molecular weight is 321 g/mol. The Morgan fingerprint density at radius 1 is 0.826 bits per heavy atom. The molecule has 0 radical (unpaired) electrons. The molecule has 1 atom stereocenters. The van der Waals surface area contributed by atoms with Gasteiger partial charge in [0.15, 0.2) is 0 Å². The minimum Gasteiger partial charge on any atom is -0.309 e. The van der Waals surface area contributed by atoms with Gasteiger partial charge in [0.25, 0.3) is 0 Å². The van der Waals surface area contributed by atoms with Gasteiger partial charge in [0.2, 0.25) is 0 Å². The molecule has 0 aliphatic heterocycles. The quantitative estimate of drug-likeness (QED) is 0.595. The fourth-order valence-corrected chi connectivity index (χ4v) is 3.74. The Hall–Kier alpha value is -1.90. The van der Waals surface area contributed by atoms with Crippen LogP contribution in [0.25, 0.3) is 0 Å². The molecule has 1 aromatic heterocycles. The van der Waals surface area contributed by atoms with E-state index in [1.165, 1.54) is 16.0 Å². The van der Waals surface area contributed by atoms with E-state index in [2.05, 4.69) is 90.4 Å². The summed E-state index contributed by atoms with van der Waals surface area (Å²) < 4.78 is 0. The average Bonchev–Trinajstić information content (AvgIpc) is 3.15. The van der Waals surface area contributed by atoms with Crippen LogP contribution in [-0.4, -0.2) is 6.54 Å². The maximum atomic E-state index is 3.67. The first-order valence-electron chi connectivity index (χ1n) is 8.21. The highest BCUT2D eigenvalue weighted by Gasteiger charge is 2.14. The molecule has 0 aliphatic carbocycles. The zero-order chi connectivity index (χ0) is 15.9. The third-order valence-corrected chi connectivity index (χ3v) is 5.31. The van der Waals surface area contributed by atoms with Gasteiger partial charge in [-0.15, -0.1) is 11.3 Å². The van der Waals surface area contributed by atoms with Crippen molar-refractivity contribution in [2.45, 2.75) is 25.3 Å². The summed E-state index contributed by atoms with van der Waals surface area (Å²) in [4.78, 5) is 1.40. The van der Waals surface area contributed by atoms with Crippen molar-refractivity contribution in [2.75, 3.05) is 6.54 Å². The second-order valence-corrected chi connectivity index (χ2v) is 6.83. The van der Waals surface area contributed by atoms with Crippen LogP contribution in [0.1, 0.15) is 41.3 Å². The standard InChI is InChI=1S/C21H23NS/c1-17(21-13-8-16-23-21)22-15-14-20(18-9-4-2-5-10-18)19-11-6-3-7-12-19/h2-13,16-17,20,22H,14-15H2,1H3. The summed E-state index contributed by atoms with van der Waals surface area (Å²) in [6, 6.07) is 26.4. The fraction of sp³-hybridized carbons (Fsp3) is 0.238. The van der Waals surface area contributed by atoms with Gasteiger partial charge in [0.1, 0.15) is 0 Å². The van der Waals surface area contributed by atoms with E-state index in [0.29, 0.717) is 12.0 Å². The zero-order valence-electron chi connectivity index (χ0n) is 13.5. The van der Waals surface area contributed by atoms with Crippen molar-refractivity contribution < 1.29 is 0 Å². The molecule has 1 nitrogen and oxygen atoms in total. The second kappa shape index (κ2) is 8.09. The van der Waals surface area contributed by atoms with Gasteiger partial charge in [-0.2, -0.15) is 0 Å². The lowest BCUT2D eigenvalue weighted by atomic mass is 9.88. The number of benzene rings is 2. The van der Waals surface area contributed by atoms with Crippen LogP contribution >= 0.6 is 11.3 Å². The molecular weight excluding hydrogens is 298 g/mol. The summed E-state index contributed by atoms with van der Waals surface area (Å²) >= 11 is 1.82. The van der Waals surface area contributed by atoms with Crippen molar-refractivity contribution in [2.24, 2.45) is 0 Å². The Morgan fingerprint density at radius 2 is 1.43 bits per heavy atom. The lowest BCUT2D eigenvalue weighted by molar-refractivity contribution is 0.546. The van der Waals surface area contributed by atoms with Gasteiger partial charge in [-0.05, 0) is 42.5 Å². The van der Waals surface area contributed by atoms with E-state index < -0.39 is 0 Å². The van der Waals surface area contributed by atoms with Crippen LogP contribution in [0.4, 0.5) is 0 Å². The molecule has 3 rings (SSSR count). The molecule has 0 spiro atoms. The van der Waals surface area contributed by atoms with E-state index in [1.54, 1.807) is 0 Å². The molecule has 1 unspecified atom stereocenters. The molecule has 2 heteroatoms. The third kappa shape index (κ3) is 4.31. The summed E-state index contributed by atoms with van der Waals surface area (Å²) in [5, 5.41) is 5.81. The van der Waals surface area contributed by atoms with Crippen molar-refractivity contribution in [3.05, 3.63) is 94.2 Å². The molecule has 1 N–H and O–H groups in total. The van der Waals surface area contributed by atoms with Crippen LogP contribution in [0, 0.1) is 0 Å². The van der Waals surface area contributed by atoms with E-state index in [1.807, 2.05) is 11.3 Å². The SMILES string of the molecule is CC(NCCC(c1ccccc1)c1ccccc1)c1cccs1. The molecule has 23 heavy (non-hydrogen) atoms. The first-order valence-corrected chi connectivity index (χ1v) is 9.09. The molecule has 0 saturated heterocycles. The molecule has 3 aromatic rings. The normalized spacial score (nSPS) is 12.4. The largest absolute Gasteiger partial charge is 0.309 e. The molecular formula is C21H23NS. The topological polar surface area (TPSA) is 12.0 Å². The predicted molar refractivity (Wildman–Crippen MR) is 100 cm³/mol. The minimum absolute atomic E-state index is 0.419. The summed E-state index contributed by atoms with van der Waals surface area (Å²) in [7, 11) is 0. The smallest absolute Gasteiger partial charge is 0.0386 e. The number of rotatable bonds is 7. The van der Waals surface area contributed by atoms with E-state index in [0.717, 1.165) is 13.0 Å². The highest BCUT2D eigenvalue weighted by Crippen LogP contribution is 2.28. The molecule has 1 heterocycles. The molecule has 0 bridgehead atoms. The Bertz CT molecular complexity index is 637. The van der Waals surface area contributed by atoms with Crippen LogP contribution in [0.5, 0.6) is 0 Å². The molecule has 0 amide bonds. The van der Waals surface area contributed by atoms with Crippen LogP contribution in [0.15, 0.2) is 78.2 Å². The van der Waals surface area contributed by atoms with Crippen molar-refractivity contribution in [1.82, 2.24) is 5.32 Å². The number of thiophene rings is 1. The van der Waals surface area contributed by atoms with Crippen molar-refractivity contribution in [3.8, 4) is 0 Å². The van der Waals surface area contributed by atoms with Crippen LogP contribution < -0.4 is 5.32 Å². The molecule has 2 aromatic carbocycles. The summed E-state index contributed by atoms with van der Waals surface area (Å²) in [6.45, 7) is 3.25. The van der Waals surface area contributed by atoms with Gasteiger partial charge in [-0.3, -0.25) is 0 Å². The first kappa shape index (κ1) is 16.0. The highest BCUT2D eigenvalue weighted by atomic mass is 32.1. The van der Waals surface area contributed by atoms with Crippen LogP contribution in [0.3, 0.4) is 0 Å². The van der Waals surface area contributed by atoms with Crippen molar-refractivity contribution in [3.63, 3.8) is 0 Å². The second-order valence-electron chi connectivity index (χ2n) is 5.85. The Kier molecular flexibility index (Phi) is 5.62. The number of hydrogen-bond acceptors (Lipinski definition) is 2. The zero-order valence-corrected chi connectivity index (χ0v) is 14.3. The van der Waals surface area contributed by atoms with Crippen molar-refractivity contribution in [1.29, 1.82) is 0 Å². The van der Waals surface area contributed by atoms with Gasteiger partial charge in [0, 0.05) is 16.8 Å². The first-order chi connectivity index (χ1) is 11.3. The van der Waals surface area contributed by atoms with Gasteiger partial charge >= 0.3 is 0 Å². The van der Waals surface area contributed by atoms with E-state index in [-0.39, 0.29) is 0 Å². The van der Waals surface area contributed by atoms with E-state index in [4.69, 9.17) is 0 Å². The lowest BCUT2D eigenvalue weighted by Crippen LogP contribution is -2.21. The Labute approximate surface area is 143 Å². The maximum Gasteiger partial charge on any atom is 0.0386 e. The third-order valence-electron chi connectivity index (χ3n) is 4.26. The van der Waals surface area contributed by atoms with E-state index >= 15 is 0 Å². The Morgan fingerprint density at radius 3 is 1.96 bits per heavy atom. The van der Waals surface area contributed by atoms with Gasteiger partial charge in [-0.25, -0.2) is 0 Å². The minimum atomic E-state index is 0.419. The molecule has 0 aliphatic rings. The number of nitrogens with one attached hydrogen (secondary N) is 1. The van der Waals surface area contributed by atoms with Crippen LogP contribution in [0.2, 0.25) is 0 Å². The molecule has 0 saturated carbocycles. The lowest BCUT2D eigenvalue weighted by Gasteiger charge is -2.20. The monoisotopic (exact) mass is 321 g/mol. The maximum absolute atomic E-state index is 3.67. The fourth-order valence-electron chi connectivity index (χ4n) is 2.98. The predicted octanol–water partition coefficient (Wildman–Crippen LogP) is 5.62. The van der Waals surface area contributed by atoms with Crippen molar-refractivity contribution >= 4 is 11.3 Å². The van der Waals surface area contributed by atoms with Gasteiger partial charge in [-0.1, -0.05) is 66.7 Å². The van der Waals surface area contributed by atoms with Crippen LogP contribution in [-0.2, 0) is 0 Å². The Balaban J connectivity index is 1.67. The summed E-state index contributed by atoms with van der Waals surface area (Å²) in [6.07, 6.45) is 1.10.